The predicted octanol–water partition coefficient (Wildman–Crippen LogP) is 1.20. The van der Waals surface area contributed by atoms with Crippen LogP contribution >= 0.6 is 0 Å². The van der Waals surface area contributed by atoms with Crippen molar-refractivity contribution in [3.63, 3.8) is 0 Å². The SMILES string of the molecule is CCCC(=O)N(C)CCCN(C)C. The van der Waals surface area contributed by atoms with Gasteiger partial charge in [0.2, 0.25) is 5.91 Å². The average Bonchev–Trinajstić information content (AvgIpc) is 2.04. The molecule has 1 amide bonds. The largest absolute Gasteiger partial charge is 0.346 e. The Morgan fingerprint density at radius 3 is 2.23 bits per heavy atom. The van der Waals surface area contributed by atoms with Gasteiger partial charge < -0.3 is 9.80 Å². The quantitative estimate of drug-likeness (QED) is 0.622. The Kier molecular flexibility index (Phi) is 6.59. The van der Waals surface area contributed by atoms with E-state index in [4.69, 9.17) is 0 Å². The smallest absolute Gasteiger partial charge is 0.222 e. The molecule has 78 valence electrons. The molecule has 0 aromatic carbocycles. The second-order valence-electron chi connectivity index (χ2n) is 3.72. The van der Waals surface area contributed by atoms with Crippen molar-refractivity contribution < 1.29 is 4.79 Å². The van der Waals surface area contributed by atoms with Gasteiger partial charge in [-0.3, -0.25) is 4.79 Å². The van der Waals surface area contributed by atoms with Crippen LogP contribution in [-0.2, 0) is 4.79 Å². The second kappa shape index (κ2) is 6.89. The molecule has 3 heteroatoms. The first-order chi connectivity index (χ1) is 6.07. The Morgan fingerprint density at radius 1 is 1.15 bits per heavy atom. The average molecular weight is 186 g/mol. The zero-order valence-electron chi connectivity index (χ0n) is 9.34. The lowest BCUT2D eigenvalue weighted by molar-refractivity contribution is -0.130. The van der Waals surface area contributed by atoms with Crippen LogP contribution in [0.3, 0.4) is 0 Å². The van der Waals surface area contributed by atoms with Crippen LogP contribution in [-0.4, -0.2) is 49.9 Å². The normalized spacial score (nSPS) is 10.5. The van der Waals surface area contributed by atoms with Crippen molar-refractivity contribution in [3.8, 4) is 0 Å². The minimum Gasteiger partial charge on any atom is -0.346 e. The standard InChI is InChI=1S/C10H22N2O/c1-5-7-10(13)12(4)9-6-8-11(2)3/h5-9H2,1-4H3. The highest BCUT2D eigenvalue weighted by Gasteiger charge is 2.05. The van der Waals surface area contributed by atoms with Crippen molar-refractivity contribution in [3.05, 3.63) is 0 Å². The van der Waals surface area contributed by atoms with Crippen LogP contribution in [0.15, 0.2) is 0 Å². The number of rotatable bonds is 6. The molecule has 0 radical (unpaired) electrons. The summed E-state index contributed by atoms with van der Waals surface area (Å²) in [6.45, 7) is 3.95. The maximum absolute atomic E-state index is 11.3. The van der Waals surface area contributed by atoms with E-state index in [0.29, 0.717) is 6.42 Å². The van der Waals surface area contributed by atoms with Gasteiger partial charge in [0.15, 0.2) is 0 Å². The number of hydrogen-bond acceptors (Lipinski definition) is 2. The van der Waals surface area contributed by atoms with Crippen LogP contribution in [0.4, 0.5) is 0 Å². The zero-order chi connectivity index (χ0) is 10.3. The Balaban J connectivity index is 3.49. The summed E-state index contributed by atoms with van der Waals surface area (Å²) in [6, 6.07) is 0. The highest BCUT2D eigenvalue weighted by Crippen LogP contribution is 1.96. The lowest BCUT2D eigenvalue weighted by Crippen LogP contribution is -2.29. The van der Waals surface area contributed by atoms with Crippen LogP contribution in [0.25, 0.3) is 0 Å². The fourth-order valence-corrected chi connectivity index (χ4v) is 1.15. The molecular weight excluding hydrogens is 164 g/mol. The van der Waals surface area contributed by atoms with Crippen molar-refractivity contribution in [2.45, 2.75) is 26.2 Å². The number of nitrogens with zero attached hydrogens (tertiary/aromatic N) is 2. The molecule has 0 saturated carbocycles. The maximum Gasteiger partial charge on any atom is 0.222 e. The third kappa shape index (κ3) is 6.58. The van der Waals surface area contributed by atoms with Gasteiger partial charge in [0.05, 0.1) is 0 Å². The molecule has 0 rings (SSSR count). The van der Waals surface area contributed by atoms with Crippen LogP contribution in [0.2, 0.25) is 0 Å². The van der Waals surface area contributed by atoms with E-state index in [1.807, 2.05) is 33.0 Å². The monoisotopic (exact) mass is 186 g/mol. The Hall–Kier alpha value is -0.570. The molecule has 0 heterocycles. The number of carbonyl (C=O) groups is 1. The topological polar surface area (TPSA) is 23.6 Å². The summed E-state index contributed by atoms with van der Waals surface area (Å²) in [5.74, 6) is 0.265. The number of hydrogen-bond donors (Lipinski definition) is 0. The zero-order valence-corrected chi connectivity index (χ0v) is 9.34. The van der Waals surface area contributed by atoms with E-state index in [1.54, 1.807) is 0 Å². The van der Waals surface area contributed by atoms with E-state index in [-0.39, 0.29) is 5.91 Å². The fourth-order valence-electron chi connectivity index (χ4n) is 1.15. The van der Waals surface area contributed by atoms with Crippen LogP contribution < -0.4 is 0 Å². The van der Waals surface area contributed by atoms with Crippen LogP contribution in [0.1, 0.15) is 26.2 Å². The van der Waals surface area contributed by atoms with Crippen molar-refractivity contribution in [1.29, 1.82) is 0 Å². The van der Waals surface area contributed by atoms with E-state index >= 15 is 0 Å². The summed E-state index contributed by atoms with van der Waals surface area (Å²) >= 11 is 0. The van der Waals surface area contributed by atoms with Gasteiger partial charge >= 0.3 is 0 Å². The molecule has 0 bridgehead atoms. The van der Waals surface area contributed by atoms with Gasteiger partial charge in [0.25, 0.3) is 0 Å². The van der Waals surface area contributed by atoms with Gasteiger partial charge in [-0.2, -0.15) is 0 Å². The Bertz CT molecular complexity index is 146. The molecule has 0 aliphatic rings. The molecule has 3 nitrogen and oxygen atoms in total. The van der Waals surface area contributed by atoms with Gasteiger partial charge in [-0.15, -0.1) is 0 Å². The van der Waals surface area contributed by atoms with Crippen molar-refractivity contribution in [2.75, 3.05) is 34.2 Å². The summed E-state index contributed by atoms with van der Waals surface area (Å²) in [6.07, 6.45) is 2.67. The molecule has 0 aromatic heterocycles. The third-order valence-electron chi connectivity index (χ3n) is 1.99. The summed E-state index contributed by atoms with van der Waals surface area (Å²) in [4.78, 5) is 15.3. The van der Waals surface area contributed by atoms with Gasteiger partial charge in [-0.05, 0) is 33.5 Å². The van der Waals surface area contributed by atoms with E-state index in [2.05, 4.69) is 4.90 Å². The summed E-state index contributed by atoms with van der Waals surface area (Å²) in [5.41, 5.74) is 0. The van der Waals surface area contributed by atoms with Crippen molar-refractivity contribution >= 4 is 5.91 Å². The van der Waals surface area contributed by atoms with E-state index in [1.165, 1.54) is 0 Å². The lowest BCUT2D eigenvalue weighted by Gasteiger charge is -2.18. The molecule has 13 heavy (non-hydrogen) atoms. The maximum atomic E-state index is 11.3. The first kappa shape index (κ1) is 12.4. The Morgan fingerprint density at radius 2 is 1.77 bits per heavy atom. The van der Waals surface area contributed by atoms with Gasteiger partial charge in [-0.25, -0.2) is 0 Å². The summed E-state index contributed by atoms with van der Waals surface area (Å²) in [7, 11) is 5.98. The second-order valence-corrected chi connectivity index (χ2v) is 3.72. The van der Waals surface area contributed by atoms with Gasteiger partial charge in [0.1, 0.15) is 0 Å². The van der Waals surface area contributed by atoms with Crippen LogP contribution in [0, 0.1) is 0 Å². The fraction of sp³-hybridized carbons (Fsp3) is 0.900. The molecule has 0 fully saturated rings. The molecule has 0 spiro atoms. The highest BCUT2D eigenvalue weighted by atomic mass is 16.2. The minimum atomic E-state index is 0.265. The summed E-state index contributed by atoms with van der Waals surface area (Å²) < 4.78 is 0. The van der Waals surface area contributed by atoms with E-state index in [0.717, 1.165) is 25.9 Å². The molecular formula is C10H22N2O. The third-order valence-corrected chi connectivity index (χ3v) is 1.99. The summed E-state index contributed by atoms with van der Waals surface area (Å²) in [5, 5.41) is 0. The van der Waals surface area contributed by atoms with E-state index < -0.39 is 0 Å². The number of amides is 1. The molecule has 0 saturated heterocycles. The molecule has 0 aliphatic heterocycles. The predicted molar refractivity (Wildman–Crippen MR) is 55.7 cm³/mol. The van der Waals surface area contributed by atoms with Crippen molar-refractivity contribution in [2.24, 2.45) is 0 Å². The molecule has 0 aromatic rings. The van der Waals surface area contributed by atoms with Crippen molar-refractivity contribution in [1.82, 2.24) is 9.80 Å². The molecule has 0 N–H and O–H groups in total. The number of carbonyl (C=O) groups excluding carboxylic acids is 1. The molecule has 0 aliphatic carbocycles. The van der Waals surface area contributed by atoms with E-state index in [9.17, 15) is 4.79 Å². The minimum absolute atomic E-state index is 0.265. The van der Waals surface area contributed by atoms with Crippen LogP contribution in [0.5, 0.6) is 0 Å². The molecule has 0 unspecified atom stereocenters. The van der Waals surface area contributed by atoms with Gasteiger partial charge in [-0.1, -0.05) is 6.92 Å². The highest BCUT2D eigenvalue weighted by molar-refractivity contribution is 5.75. The molecule has 0 atom stereocenters. The Labute approximate surface area is 81.7 Å². The lowest BCUT2D eigenvalue weighted by atomic mass is 10.3. The first-order valence-electron chi connectivity index (χ1n) is 4.96. The first-order valence-corrected chi connectivity index (χ1v) is 4.96. The van der Waals surface area contributed by atoms with Gasteiger partial charge in [0, 0.05) is 20.0 Å².